The first-order chi connectivity index (χ1) is 11.3. The summed E-state index contributed by atoms with van der Waals surface area (Å²) in [6.07, 6.45) is 5.75. The molecule has 130 valence electrons. The van der Waals surface area contributed by atoms with E-state index in [1.807, 2.05) is 12.1 Å². The van der Waals surface area contributed by atoms with Crippen molar-refractivity contribution in [3.8, 4) is 0 Å². The van der Waals surface area contributed by atoms with Crippen LogP contribution in [-0.4, -0.2) is 18.8 Å². The molecule has 0 amide bonds. The molecule has 4 atom stereocenters. The van der Waals surface area contributed by atoms with Crippen molar-refractivity contribution in [2.24, 2.45) is 17.3 Å². The Balaban J connectivity index is 0.00000182. The van der Waals surface area contributed by atoms with Crippen molar-refractivity contribution in [1.82, 2.24) is 0 Å². The predicted octanol–water partition coefficient (Wildman–Crippen LogP) is 0.161. The van der Waals surface area contributed by atoms with E-state index in [-0.39, 0.29) is 56.8 Å². The van der Waals surface area contributed by atoms with Crippen LogP contribution in [0.5, 0.6) is 0 Å². The Morgan fingerprint density at radius 2 is 1.96 bits per heavy atom. The summed E-state index contributed by atoms with van der Waals surface area (Å²) in [6.45, 7) is 2.17. The van der Waals surface area contributed by atoms with E-state index in [4.69, 9.17) is 0 Å². The standard InChI is InChI=1S/C19H24O4S.K/c1-19-9-8-15-14-4-2-12(11-24(21,22)23)10-13(14)3-5-16(15)17(19)6-7-18(19)20;/h2,4,10,15-17H,3,5-9,11H2,1H3,(H,21,22,23);/q;+1/p-1/t15-,16-,17+,19+;/m1./s1. The normalized spacial score (nSPS) is 33.8. The summed E-state index contributed by atoms with van der Waals surface area (Å²) in [7, 11) is -4.24. The monoisotopic (exact) mass is 386 g/mol. The van der Waals surface area contributed by atoms with Crippen LogP contribution in [0.2, 0.25) is 0 Å². The SMILES string of the molecule is C[C@]12CC[C@@H]3c4ccc(CS(=O)(=O)[O-])cc4CC[C@H]3[C@@H]1CCC2=O.[K+]. The van der Waals surface area contributed by atoms with Gasteiger partial charge in [-0.25, -0.2) is 8.42 Å². The summed E-state index contributed by atoms with van der Waals surface area (Å²) in [5.41, 5.74) is 3.00. The Hall–Kier alpha value is 0.436. The summed E-state index contributed by atoms with van der Waals surface area (Å²) >= 11 is 0. The third-order valence-corrected chi connectivity index (χ3v) is 7.53. The van der Waals surface area contributed by atoms with Crippen molar-refractivity contribution in [1.29, 1.82) is 0 Å². The molecule has 2 saturated carbocycles. The number of rotatable bonds is 2. The van der Waals surface area contributed by atoms with Gasteiger partial charge in [-0.3, -0.25) is 4.79 Å². The Labute approximate surface area is 192 Å². The third kappa shape index (κ3) is 3.60. The molecule has 25 heavy (non-hydrogen) atoms. The van der Waals surface area contributed by atoms with Gasteiger partial charge in [0, 0.05) is 11.8 Å². The Morgan fingerprint density at radius 1 is 1.20 bits per heavy atom. The largest absolute Gasteiger partial charge is 1.00 e. The van der Waals surface area contributed by atoms with Crippen LogP contribution >= 0.6 is 0 Å². The van der Waals surface area contributed by atoms with Gasteiger partial charge in [0.15, 0.2) is 0 Å². The van der Waals surface area contributed by atoms with Crippen molar-refractivity contribution in [3.63, 3.8) is 0 Å². The number of hydrogen-bond acceptors (Lipinski definition) is 4. The molecule has 1 aromatic rings. The number of benzene rings is 1. The summed E-state index contributed by atoms with van der Waals surface area (Å²) in [4.78, 5) is 12.3. The number of carbonyl (C=O) groups is 1. The second-order valence-corrected chi connectivity index (χ2v) is 9.47. The number of fused-ring (bicyclic) bond motifs is 5. The van der Waals surface area contributed by atoms with Crippen LogP contribution in [0.25, 0.3) is 0 Å². The zero-order valence-corrected chi connectivity index (χ0v) is 18.9. The van der Waals surface area contributed by atoms with Crippen molar-refractivity contribution in [2.45, 2.75) is 57.1 Å². The number of hydrogen-bond donors (Lipinski definition) is 0. The fraction of sp³-hybridized carbons (Fsp3) is 0.632. The first-order valence-electron chi connectivity index (χ1n) is 8.86. The van der Waals surface area contributed by atoms with Crippen LogP contribution in [0.1, 0.15) is 61.6 Å². The molecular formula is C19H23KO4S. The molecule has 0 unspecified atom stereocenters. The van der Waals surface area contributed by atoms with Crippen LogP contribution < -0.4 is 51.4 Å². The molecule has 0 aliphatic heterocycles. The van der Waals surface area contributed by atoms with Gasteiger partial charge in [-0.1, -0.05) is 25.1 Å². The zero-order chi connectivity index (χ0) is 17.1. The molecule has 0 radical (unpaired) electrons. The van der Waals surface area contributed by atoms with Crippen molar-refractivity contribution in [2.75, 3.05) is 0 Å². The maximum absolute atomic E-state index is 12.3. The maximum Gasteiger partial charge on any atom is 1.00 e. The number of carbonyl (C=O) groups excluding carboxylic acids is 1. The number of ketones is 1. The van der Waals surface area contributed by atoms with E-state index < -0.39 is 15.9 Å². The number of Topliss-reactive ketones (excluding diaryl/α,β-unsaturated/α-hetero) is 1. The van der Waals surface area contributed by atoms with E-state index in [9.17, 15) is 17.8 Å². The first-order valence-corrected chi connectivity index (χ1v) is 10.4. The molecule has 3 aliphatic carbocycles. The van der Waals surface area contributed by atoms with E-state index in [0.29, 0.717) is 29.1 Å². The summed E-state index contributed by atoms with van der Waals surface area (Å²) in [6, 6.07) is 5.74. The fourth-order valence-corrected chi connectivity index (χ4v) is 6.29. The van der Waals surface area contributed by atoms with Crippen molar-refractivity contribution < 1.29 is 69.1 Å². The van der Waals surface area contributed by atoms with Crippen LogP contribution in [0, 0.1) is 17.3 Å². The van der Waals surface area contributed by atoms with Crippen LogP contribution in [0.3, 0.4) is 0 Å². The minimum Gasteiger partial charge on any atom is -0.748 e. The Kier molecular flexibility index (Phi) is 5.74. The van der Waals surface area contributed by atoms with Crippen LogP contribution in [0.15, 0.2) is 18.2 Å². The Bertz CT molecular complexity index is 804. The average molecular weight is 387 g/mol. The molecule has 0 spiro atoms. The molecule has 0 saturated heterocycles. The minimum absolute atomic E-state index is 0. The van der Waals surface area contributed by atoms with Crippen molar-refractivity contribution in [3.05, 3.63) is 34.9 Å². The van der Waals surface area contributed by atoms with Crippen molar-refractivity contribution >= 4 is 15.9 Å². The van der Waals surface area contributed by atoms with E-state index >= 15 is 0 Å². The van der Waals surface area contributed by atoms with Gasteiger partial charge in [-0.15, -0.1) is 0 Å². The molecule has 0 heterocycles. The van der Waals surface area contributed by atoms with E-state index in [1.165, 1.54) is 11.1 Å². The molecular weight excluding hydrogens is 363 g/mol. The molecule has 2 fully saturated rings. The van der Waals surface area contributed by atoms with E-state index in [2.05, 4.69) is 6.92 Å². The smallest absolute Gasteiger partial charge is 0.748 e. The molecule has 1 aromatic carbocycles. The average Bonchev–Trinajstić information content (AvgIpc) is 2.81. The summed E-state index contributed by atoms with van der Waals surface area (Å²) < 4.78 is 33.0. The summed E-state index contributed by atoms with van der Waals surface area (Å²) in [5.74, 6) is 1.57. The van der Waals surface area contributed by atoms with Gasteiger partial charge < -0.3 is 4.55 Å². The second kappa shape index (κ2) is 7.11. The molecule has 4 rings (SSSR count). The second-order valence-electron chi connectivity index (χ2n) is 8.07. The van der Waals surface area contributed by atoms with Crippen LogP contribution in [0.4, 0.5) is 0 Å². The first kappa shape index (κ1) is 20.2. The van der Waals surface area contributed by atoms with Gasteiger partial charge in [-0.2, -0.15) is 0 Å². The molecule has 0 bridgehead atoms. The van der Waals surface area contributed by atoms with Gasteiger partial charge in [-0.05, 0) is 66.5 Å². The molecule has 4 nitrogen and oxygen atoms in total. The van der Waals surface area contributed by atoms with Gasteiger partial charge >= 0.3 is 51.4 Å². The minimum atomic E-state index is -4.24. The van der Waals surface area contributed by atoms with Gasteiger partial charge in [0.1, 0.15) is 5.78 Å². The Morgan fingerprint density at radius 3 is 2.68 bits per heavy atom. The van der Waals surface area contributed by atoms with E-state index in [1.54, 1.807) is 6.07 Å². The molecule has 0 aromatic heterocycles. The van der Waals surface area contributed by atoms with Gasteiger partial charge in [0.2, 0.25) is 0 Å². The number of aryl methyl sites for hydroxylation is 1. The maximum atomic E-state index is 12.3. The van der Waals surface area contributed by atoms with Gasteiger partial charge in [0.25, 0.3) is 0 Å². The molecule has 3 aliphatic rings. The van der Waals surface area contributed by atoms with Gasteiger partial charge in [0.05, 0.1) is 15.9 Å². The molecule has 0 N–H and O–H groups in total. The fourth-order valence-electron chi connectivity index (χ4n) is 5.70. The summed E-state index contributed by atoms with van der Waals surface area (Å²) in [5, 5.41) is 0. The topological polar surface area (TPSA) is 74.3 Å². The predicted molar refractivity (Wildman–Crippen MR) is 89.5 cm³/mol. The zero-order valence-electron chi connectivity index (χ0n) is 15.0. The van der Waals surface area contributed by atoms with E-state index in [0.717, 1.165) is 38.5 Å². The molecule has 6 heteroatoms. The third-order valence-electron chi connectivity index (χ3n) is 6.84. The quantitative estimate of drug-likeness (QED) is 0.536. The van der Waals surface area contributed by atoms with Crippen LogP contribution in [-0.2, 0) is 27.1 Å².